The average molecular weight is 1720 g/mol. The molecule has 0 radical (unpaired) electrons. The monoisotopic (exact) mass is 1720 g/mol. The minimum atomic E-state index is -5.58. The molecular formula is C64H60N4O36S8. The number of phenolic OH excluding ortho intramolecular Hbond substituents is 4. The zero-order chi connectivity index (χ0) is 83.4. The van der Waals surface area contributed by atoms with Crippen LogP contribution in [-0.2, 0) is 151 Å². The Morgan fingerprint density at radius 2 is 0.321 bits per heavy atom. The second kappa shape index (κ2) is 31.5. The van der Waals surface area contributed by atoms with Gasteiger partial charge in [0.15, 0.2) is 26.4 Å². The molecular weight excluding hydrogens is 1660 g/mol. The Morgan fingerprint density at radius 3 is 0.411 bits per heavy atom. The molecule has 0 fully saturated rings. The molecule has 40 nitrogen and oxygen atoms in total. The first-order chi connectivity index (χ1) is 51.4. The molecule has 16 bridgehead atoms. The lowest BCUT2D eigenvalue weighted by Gasteiger charge is -2.22. The van der Waals surface area contributed by atoms with Gasteiger partial charge in [0, 0.05) is 140 Å². The van der Waals surface area contributed by atoms with Crippen molar-refractivity contribution in [2.75, 3.05) is 26.4 Å². The first-order valence-electron chi connectivity index (χ1n) is 30.9. The van der Waals surface area contributed by atoms with Gasteiger partial charge >= 0.3 is 0 Å². The average Bonchev–Trinajstić information content (AvgIpc) is 0.772. The molecule has 20 N–H and O–H groups in total. The van der Waals surface area contributed by atoms with E-state index in [9.17, 15) is 143 Å². The van der Waals surface area contributed by atoms with E-state index in [4.69, 9.17) is 41.9 Å². The molecule has 0 atom stereocenters. The van der Waals surface area contributed by atoms with Gasteiger partial charge in [-0.15, -0.1) is 0 Å². The highest BCUT2D eigenvalue weighted by atomic mass is 32.2. The summed E-state index contributed by atoms with van der Waals surface area (Å²) >= 11 is 0. The molecule has 0 aliphatic heterocycles. The van der Waals surface area contributed by atoms with E-state index < -0.39 is 357 Å². The van der Waals surface area contributed by atoms with Gasteiger partial charge in [-0.3, -0.25) is 55.6 Å². The highest BCUT2D eigenvalue weighted by Gasteiger charge is 2.33. The van der Waals surface area contributed by atoms with E-state index in [1.807, 2.05) is 0 Å². The van der Waals surface area contributed by atoms with Crippen molar-refractivity contribution in [3.8, 4) is 46.0 Å². The van der Waals surface area contributed by atoms with Crippen molar-refractivity contribution >= 4 is 105 Å². The van der Waals surface area contributed by atoms with Crippen LogP contribution in [0.15, 0.2) is 136 Å². The fraction of sp³-hybridized carbons (Fsp3) is 0.188. The maximum Gasteiger partial charge on any atom is 0.294 e. The minimum absolute atomic E-state index is 0.533. The summed E-state index contributed by atoms with van der Waals surface area (Å²) in [6, 6.07) is 8.88. The van der Waals surface area contributed by atoms with E-state index in [1.165, 1.54) is 0 Å². The largest absolute Gasteiger partial charge is 0.507 e. The van der Waals surface area contributed by atoms with E-state index in [-0.39, 0.29) is 0 Å². The summed E-state index contributed by atoms with van der Waals surface area (Å²) in [5, 5.41) is 49.4. The number of hydrogen-bond donors (Lipinski definition) is 16. The molecule has 0 spiro atoms. The number of hydrogen-bond acceptors (Lipinski definition) is 28. The number of ether oxygens (including phenoxy) is 4. The Labute approximate surface area is 634 Å². The summed E-state index contributed by atoms with van der Waals surface area (Å²) in [7, 11) is -44.6. The summed E-state index contributed by atoms with van der Waals surface area (Å²) in [5.74, 6) is -12.9. The number of benzene rings is 8. The minimum Gasteiger partial charge on any atom is -0.507 e. The fourth-order valence-electron chi connectivity index (χ4n) is 12.1. The maximum absolute atomic E-state index is 13.3. The summed E-state index contributed by atoms with van der Waals surface area (Å²) in [5.41, 5.74) is 10.4. The Morgan fingerprint density at radius 1 is 0.223 bits per heavy atom. The third-order valence-electron chi connectivity index (χ3n) is 16.7. The molecule has 1 aliphatic rings. The summed E-state index contributed by atoms with van der Waals surface area (Å²) in [6.45, 7) is -4.85. The number of fused-ring (bicyclic) bond motifs is 16. The zero-order valence-electron chi connectivity index (χ0n) is 56.5. The smallest absolute Gasteiger partial charge is 0.294 e. The Bertz CT molecular complexity index is 5370. The van der Waals surface area contributed by atoms with Crippen molar-refractivity contribution in [3.05, 3.63) is 186 Å². The van der Waals surface area contributed by atoms with Crippen LogP contribution >= 0.6 is 0 Å². The second-order valence-corrected chi connectivity index (χ2v) is 36.3. The lowest BCUT2D eigenvalue weighted by molar-refractivity contribution is -0.120. The van der Waals surface area contributed by atoms with Crippen LogP contribution in [0, 0.1) is 0 Å². The number of primary amides is 4. The van der Waals surface area contributed by atoms with Crippen LogP contribution < -0.4 is 41.9 Å². The predicted octanol–water partition coefficient (Wildman–Crippen LogP) is 0.979. The van der Waals surface area contributed by atoms with Crippen molar-refractivity contribution in [3.63, 3.8) is 0 Å². The quantitative estimate of drug-likeness (QED) is 0.0473. The lowest BCUT2D eigenvalue weighted by atomic mass is 9.91. The molecule has 1 aliphatic carbocycles. The highest BCUT2D eigenvalue weighted by molar-refractivity contribution is 7.87. The SMILES string of the molecule is NC(=O)COc1c2cc(S(=O)(=O)O)cc1Cc1cc(S(=O)(=O)O)cc(c1O)Cc1cc(S(=O)(=O)O)cc(c1OCC(N)=O)Cc1cc(S(=O)(=O)O)cc(c1O)Cc1cc(S(=O)(=O)O)cc(c1OCC(N)=O)Cc1cc(S(=O)(=O)O)cc(c1O)Cc1cc(S(=O)(=O)O)cc(c1OCC(N)=O)Cc1cc(S(=O)(=O)O)cc(c1O)C2. The maximum atomic E-state index is 13.3. The first kappa shape index (κ1) is 85.3. The van der Waals surface area contributed by atoms with Gasteiger partial charge in [-0.25, -0.2) is 0 Å². The molecule has 8 aromatic carbocycles. The summed E-state index contributed by atoms with van der Waals surface area (Å²) < 4.78 is 321. The molecule has 0 saturated heterocycles. The van der Waals surface area contributed by atoms with Crippen LogP contribution in [-0.4, -0.2) is 174 Å². The van der Waals surface area contributed by atoms with Gasteiger partial charge in [0.2, 0.25) is 0 Å². The van der Waals surface area contributed by atoms with Crippen LogP contribution in [0.3, 0.4) is 0 Å². The molecule has 48 heteroatoms. The molecule has 600 valence electrons. The number of aromatic hydroxyl groups is 4. The van der Waals surface area contributed by atoms with E-state index in [0.29, 0.717) is 97.1 Å². The van der Waals surface area contributed by atoms with Crippen molar-refractivity contribution < 1.29 is 162 Å². The standard InChI is InChI=1S/C64H60N4O36S8/c65-53(69)25-101-61-37-1-29-9-45(105(77,78)79)10-30(57(29)73)2-39-19-50(110(92,93)94)20-40(62(39)102-26-54(66)70)5-33-13-47(107(83,84)85)14-34(59(33)75)6-43-23-52(112(98,99)100)24-44(64(43)104-28-56(68)72)8-36-16-48(108(86,87)88)15-35(60(36)76)7-42-22-51(111(95,96)97)21-41(63(42)103-27-55(67)71)4-32-12-46(106(80,81)82)11-31(58(32)74)3-38(61)18-49(17-37)109(89,90)91/h9-24,73-76H,1-8,25-28H2,(H2,65,69)(H2,66,70)(H2,67,71)(H2,68,72)(H,77,78,79)(H,80,81,82)(H,83,84,85)(H,86,87,88)(H,89,90,91)(H,92,93,94)(H,95,96,97)(H,98,99,100). The normalized spacial score (nSPS) is 13.5. The van der Waals surface area contributed by atoms with Crippen molar-refractivity contribution in [1.29, 1.82) is 0 Å². The molecule has 0 aromatic heterocycles. The first-order valence-corrected chi connectivity index (χ1v) is 42.4. The van der Waals surface area contributed by atoms with Gasteiger partial charge in [-0.05, 0) is 97.1 Å². The second-order valence-electron chi connectivity index (χ2n) is 24.9. The van der Waals surface area contributed by atoms with Crippen LogP contribution in [0.25, 0.3) is 0 Å². The molecule has 0 saturated carbocycles. The Balaban J connectivity index is 1.46. The van der Waals surface area contributed by atoms with Gasteiger partial charge in [0.25, 0.3) is 105 Å². The van der Waals surface area contributed by atoms with Crippen LogP contribution in [0.1, 0.15) is 89.0 Å². The number of rotatable bonds is 20. The number of carbonyl (C=O) groups excluding carboxylic acids is 4. The third kappa shape index (κ3) is 20.3. The van der Waals surface area contributed by atoms with Crippen LogP contribution in [0.4, 0.5) is 0 Å². The third-order valence-corrected chi connectivity index (χ3v) is 23.3. The molecule has 4 amide bonds. The van der Waals surface area contributed by atoms with Crippen LogP contribution in [0.2, 0.25) is 0 Å². The topological polar surface area (TPSA) is 725 Å². The lowest BCUT2D eigenvalue weighted by Crippen LogP contribution is -2.21. The van der Waals surface area contributed by atoms with E-state index >= 15 is 0 Å². The van der Waals surface area contributed by atoms with Crippen molar-refractivity contribution in [2.24, 2.45) is 22.9 Å². The number of amides is 4. The highest BCUT2D eigenvalue weighted by Crippen LogP contribution is 2.45. The van der Waals surface area contributed by atoms with Gasteiger partial charge in [0.1, 0.15) is 46.0 Å². The Kier molecular flexibility index (Phi) is 24.0. The summed E-state index contributed by atoms with van der Waals surface area (Å²) in [6.07, 6.45) is -9.10. The van der Waals surface area contributed by atoms with Crippen molar-refractivity contribution in [2.45, 2.75) is 90.5 Å². The molecule has 0 heterocycles. The number of phenols is 4. The predicted molar refractivity (Wildman–Crippen MR) is 378 cm³/mol. The number of nitrogens with two attached hydrogens (primary N) is 4. The fourth-order valence-corrected chi connectivity index (χ4v) is 16.7. The van der Waals surface area contributed by atoms with E-state index in [0.717, 1.165) is 0 Å². The molecule has 112 heavy (non-hydrogen) atoms. The summed E-state index contributed by atoms with van der Waals surface area (Å²) in [4.78, 5) is 40.8. The van der Waals surface area contributed by atoms with Crippen LogP contribution in [0.5, 0.6) is 46.0 Å². The molecule has 0 unspecified atom stereocenters. The van der Waals surface area contributed by atoms with Gasteiger partial charge < -0.3 is 62.3 Å². The molecule has 8 aromatic rings. The van der Waals surface area contributed by atoms with Gasteiger partial charge in [-0.1, -0.05) is 0 Å². The van der Waals surface area contributed by atoms with E-state index in [2.05, 4.69) is 0 Å². The van der Waals surface area contributed by atoms with Crippen molar-refractivity contribution in [1.82, 2.24) is 0 Å². The van der Waals surface area contributed by atoms with Gasteiger partial charge in [0.05, 0.1) is 39.2 Å². The van der Waals surface area contributed by atoms with Gasteiger partial charge in [-0.2, -0.15) is 67.3 Å². The number of carbonyl (C=O) groups is 4. The Hall–Kier alpha value is -10.7. The molecule has 9 rings (SSSR count). The zero-order valence-corrected chi connectivity index (χ0v) is 63.0. The van der Waals surface area contributed by atoms with E-state index in [1.54, 1.807) is 0 Å².